The van der Waals surface area contributed by atoms with Crippen molar-refractivity contribution in [2.75, 3.05) is 5.32 Å². The molecule has 0 saturated carbocycles. The monoisotopic (exact) mass is 361 g/mol. The number of amides is 1. The number of hydrogen-bond donors (Lipinski definition) is 2. The molecule has 0 fully saturated rings. The summed E-state index contributed by atoms with van der Waals surface area (Å²) in [6.07, 6.45) is -1.10. The summed E-state index contributed by atoms with van der Waals surface area (Å²) >= 11 is 0. The fraction of sp³-hybridized carbons (Fsp3) is 0.0909. The molecule has 0 aliphatic heterocycles. The van der Waals surface area contributed by atoms with Crippen LogP contribution in [-0.2, 0) is 9.53 Å². The number of aromatic hydroxyl groups is 1. The van der Waals surface area contributed by atoms with Crippen molar-refractivity contribution in [3.63, 3.8) is 0 Å². The van der Waals surface area contributed by atoms with Crippen LogP contribution in [-0.4, -0.2) is 17.0 Å². The largest absolute Gasteiger partial charge is 0.508 e. The van der Waals surface area contributed by atoms with Crippen molar-refractivity contribution in [3.8, 4) is 5.75 Å². The van der Waals surface area contributed by atoms with Gasteiger partial charge in [-0.15, -0.1) is 0 Å². The molecule has 5 heteroatoms. The third-order valence-corrected chi connectivity index (χ3v) is 3.99. The number of phenolic OH excluding ortho intramolecular Hbond substituents is 1. The van der Waals surface area contributed by atoms with E-state index in [1.165, 1.54) is 24.3 Å². The van der Waals surface area contributed by atoms with Gasteiger partial charge in [0.2, 0.25) is 6.10 Å². The smallest absolute Gasteiger partial charge is 0.339 e. The quantitative estimate of drug-likeness (QED) is 0.667. The molecule has 0 spiro atoms. The van der Waals surface area contributed by atoms with E-state index in [1.807, 2.05) is 25.1 Å². The molecular weight excluding hydrogens is 342 g/mol. The van der Waals surface area contributed by atoms with Gasteiger partial charge in [0.15, 0.2) is 0 Å². The van der Waals surface area contributed by atoms with Crippen LogP contribution in [0, 0.1) is 6.92 Å². The van der Waals surface area contributed by atoms with Gasteiger partial charge in [-0.3, -0.25) is 4.79 Å². The zero-order valence-electron chi connectivity index (χ0n) is 14.8. The topological polar surface area (TPSA) is 75.6 Å². The standard InChI is InChI=1S/C22H19NO4/c1-15-7-11-18(12-8-15)23-21(25)20(16-5-3-2-4-6-16)27-22(26)17-9-13-19(24)14-10-17/h2-14,20,24H,1H3,(H,23,25). The Morgan fingerprint density at radius 1 is 0.889 bits per heavy atom. The minimum Gasteiger partial charge on any atom is -0.508 e. The van der Waals surface area contributed by atoms with Gasteiger partial charge in [0.05, 0.1) is 5.56 Å². The maximum absolute atomic E-state index is 12.8. The van der Waals surface area contributed by atoms with Gasteiger partial charge in [-0.1, -0.05) is 48.0 Å². The summed E-state index contributed by atoms with van der Waals surface area (Å²) < 4.78 is 5.49. The second-order valence-electron chi connectivity index (χ2n) is 6.10. The lowest BCUT2D eigenvalue weighted by atomic mass is 10.1. The van der Waals surface area contributed by atoms with Crippen LogP contribution in [0.2, 0.25) is 0 Å². The van der Waals surface area contributed by atoms with E-state index in [9.17, 15) is 14.7 Å². The molecule has 0 aromatic heterocycles. The highest BCUT2D eigenvalue weighted by molar-refractivity contribution is 5.98. The molecule has 3 aromatic carbocycles. The van der Waals surface area contributed by atoms with Crippen LogP contribution in [0.25, 0.3) is 0 Å². The van der Waals surface area contributed by atoms with E-state index in [0.717, 1.165) is 5.56 Å². The average Bonchev–Trinajstić information content (AvgIpc) is 2.69. The van der Waals surface area contributed by atoms with Crippen molar-refractivity contribution in [2.45, 2.75) is 13.0 Å². The average molecular weight is 361 g/mol. The Balaban J connectivity index is 1.82. The van der Waals surface area contributed by atoms with Gasteiger partial charge < -0.3 is 15.2 Å². The first-order valence-corrected chi connectivity index (χ1v) is 8.45. The lowest BCUT2D eigenvalue weighted by molar-refractivity contribution is -0.125. The molecule has 1 amide bonds. The van der Waals surface area contributed by atoms with Crippen molar-refractivity contribution in [1.82, 2.24) is 0 Å². The van der Waals surface area contributed by atoms with Gasteiger partial charge >= 0.3 is 5.97 Å². The van der Waals surface area contributed by atoms with Crippen LogP contribution in [0.5, 0.6) is 5.75 Å². The number of nitrogens with one attached hydrogen (secondary N) is 1. The molecular formula is C22H19NO4. The van der Waals surface area contributed by atoms with E-state index in [0.29, 0.717) is 11.3 Å². The van der Waals surface area contributed by atoms with Crippen LogP contribution in [0.3, 0.4) is 0 Å². The maximum atomic E-state index is 12.8. The third-order valence-electron chi connectivity index (χ3n) is 3.99. The second kappa shape index (κ2) is 8.19. The predicted molar refractivity (Wildman–Crippen MR) is 103 cm³/mol. The van der Waals surface area contributed by atoms with Crippen LogP contribution in [0.15, 0.2) is 78.9 Å². The van der Waals surface area contributed by atoms with E-state index in [1.54, 1.807) is 36.4 Å². The molecule has 0 radical (unpaired) electrons. The van der Waals surface area contributed by atoms with E-state index in [-0.39, 0.29) is 11.3 Å². The van der Waals surface area contributed by atoms with Crippen molar-refractivity contribution < 1.29 is 19.4 Å². The fourth-order valence-corrected chi connectivity index (χ4v) is 2.52. The Bertz CT molecular complexity index is 919. The fourth-order valence-electron chi connectivity index (χ4n) is 2.52. The number of carbonyl (C=O) groups excluding carboxylic acids is 2. The SMILES string of the molecule is Cc1ccc(NC(=O)C(OC(=O)c2ccc(O)cc2)c2ccccc2)cc1. The van der Waals surface area contributed by atoms with Crippen molar-refractivity contribution in [2.24, 2.45) is 0 Å². The predicted octanol–water partition coefficient (Wildman–Crippen LogP) is 4.24. The lowest BCUT2D eigenvalue weighted by Crippen LogP contribution is -2.26. The number of rotatable bonds is 5. The van der Waals surface area contributed by atoms with E-state index in [4.69, 9.17) is 4.74 Å². The van der Waals surface area contributed by atoms with Crippen molar-refractivity contribution in [1.29, 1.82) is 0 Å². The number of benzene rings is 3. The number of aryl methyl sites for hydroxylation is 1. The van der Waals surface area contributed by atoms with Gasteiger partial charge in [-0.2, -0.15) is 0 Å². The molecule has 0 saturated heterocycles. The van der Waals surface area contributed by atoms with Crippen molar-refractivity contribution in [3.05, 3.63) is 95.6 Å². The zero-order chi connectivity index (χ0) is 19.2. The first-order chi connectivity index (χ1) is 13.0. The molecule has 27 heavy (non-hydrogen) atoms. The molecule has 1 unspecified atom stereocenters. The number of anilines is 1. The van der Waals surface area contributed by atoms with Crippen LogP contribution in [0.4, 0.5) is 5.69 Å². The summed E-state index contributed by atoms with van der Waals surface area (Å²) in [5.41, 5.74) is 2.50. The molecule has 0 aliphatic carbocycles. The van der Waals surface area contributed by atoms with Crippen LogP contribution >= 0.6 is 0 Å². The van der Waals surface area contributed by atoms with Gasteiger partial charge in [0.1, 0.15) is 5.75 Å². The van der Waals surface area contributed by atoms with Gasteiger partial charge in [0.25, 0.3) is 5.91 Å². The minimum atomic E-state index is -1.10. The molecule has 2 N–H and O–H groups in total. The Morgan fingerprint density at radius 3 is 2.15 bits per heavy atom. The Kier molecular flexibility index (Phi) is 5.52. The van der Waals surface area contributed by atoms with E-state index in [2.05, 4.69) is 5.32 Å². The molecule has 5 nitrogen and oxygen atoms in total. The first-order valence-electron chi connectivity index (χ1n) is 8.45. The number of carbonyl (C=O) groups is 2. The third kappa shape index (κ3) is 4.73. The molecule has 136 valence electrons. The highest BCUT2D eigenvalue weighted by Crippen LogP contribution is 2.22. The number of hydrogen-bond acceptors (Lipinski definition) is 4. The Hall–Kier alpha value is -3.60. The number of phenols is 1. The summed E-state index contributed by atoms with van der Waals surface area (Å²) in [6.45, 7) is 1.96. The highest BCUT2D eigenvalue weighted by Gasteiger charge is 2.25. The molecule has 1 atom stereocenters. The van der Waals surface area contributed by atoms with E-state index >= 15 is 0 Å². The normalized spacial score (nSPS) is 11.4. The molecule has 0 bridgehead atoms. The van der Waals surface area contributed by atoms with E-state index < -0.39 is 18.0 Å². The van der Waals surface area contributed by atoms with Crippen LogP contribution in [0.1, 0.15) is 27.6 Å². The summed E-state index contributed by atoms with van der Waals surface area (Å²) in [4.78, 5) is 25.2. The first kappa shape index (κ1) is 18.2. The highest BCUT2D eigenvalue weighted by atomic mass is 16.5. The zero-order valence-corrected chi connectivity index (χ0v) is 14.8. The number of ether oxygens (including phenoxy) is 1. The summed E-state index contributed by atoms with van der Waals surface area (Å²) in [6, 6.07) is 21.8. The summed E-state index contributed by atoms with van der Waals surface area (Å²) in [7, 11) is 0. The van der Waals surface area contributed by atoms with Gasteiger partial charge in [-0.25, -0.2) is 4.79 Å². The molecule has 0 heterocycles. The van der Waals surface area contributed by atoms with Crippen molar-refractivity contribution >= 4 is 17.6 Å². The lowest BCUT2D eigenvalue weighted by Gasteiger charge is -2.18. The number of esters is 1. The summed E-state index contributed by atoms with van der Waals surface area (Å²) in [5, 5.41) is 12.1. The van der Waals surface area contributed by atoms with Crippen LogP contribution < -0.4 is 5.32 Å². The Morgan fingerprint density at radius 2 is 1.52 bits per heavy atom. The summed E-state index contributed by atoms with van der Waals surface area (Å²) in [5.74, 6) is -1.05. The van der Waals surface area contributed by atoms with Gasteiger partial charge in [-0.05, 0) is 43.3 Å². The molecule has 0 aliphatic rings. The Labute approximate surface area is 157 Å². The second-order valence-corrected chi connectivity index (χ2v) is 6.10. The van der Waals surface area contributed by atoms with Gasteiger partial charge in [0, 0.05) is 11.3 Å². The maximum Gasteiger partial charge on any atom is 0.339 e. The molecule has 3 aromatic rings. The molecule has 3 rings (SSSR count). The minimum absolute atomic E-state index is 0.0447.